The average Bonchev–Trinajstić information content (AvgIpc) is 2.34. The van der Waals surface area contributed by atoms with Crippen LogP contribution in [0, 0.1) is 0 Å². The summed E-state index contributed by atoms with van der Waals surface area (Å²) in [5, 5.41) is 0. The van der Waals surface area contributed by atoms with E-state index in [4.69, 9.17) is 0 Å². The fourth-order valence-corrected chi connectivity index (χ4v) is 0.941. The maximum atomic E-state index is 2.22. The number of rotatable bonds is 2. The Morgan fingerprint density at radius 2 is 2.18 bits per heavy atom. The van der Waals surface area contributed by atoms with Gasteiger partial charge in [0, 0.05) is 0 Å². The predicted molar refractivity (Wildman–Crippen MR) is 43.4 cm³/mol. The summed E-state index contributed by atoms with van der Waals surface area (Å²) in [4.78, 5) is 0. The monoisotopic (exact) mass is 268 g/mol. The number of aromatic nitrogens is 2. The van der Waals surface area contributed by atoms with Gasteiger partial charge < -0.3 is 0 Å². The van der Waals surface area contributed by atoms with Crippen molar-refractivity contribution in [2.45, 2.75) is 26.3 Å². The first kappa shape index (κ1) is 10.9. The van der Waals surface area contributed by atoms with Crippen LogP contribution in [0.25, 0.3) is 0 Å². The molecule has 0 saturated heterocycles. The lowest BCUT2D eigenvalue weighted by molar-refractivity contribution is -0.671. The molecule has 1 unspecified atom stereocenters. The van der Waals surface area contributed by atoms with Gasteiger partial charge in [0.15, 0.2) is 0 Å². The highest BCUT2D eigenvalue weighted by molar-refractivity contribution is 4.71. The van der Waals surface area contributed by atoms with E-state index in [1.165, 1.54) is 6.42 Å². The molecule has 0 aliphatic rings. The molecule has 0 aromatic carbocycles. The molecule has 0 aliphatic heterocycles. The predicted octanol–water partition coefficient (Wildman–Crippen LogP) is -2.25. The first-order chi connectivity index (χ1) is 4.74. The van der Waals surface area contributed by atoms with Crippen LogP contribution in [0.2, 0.25) is 0 Å². The summed E-state index contributed by atoms with van der Waals surface area (Å²) in [6, 6.07) is 0.626. The zero-order chi connectivity index (χ0) is 7.56. The molecule has 1 aromatic rings. The number of halogens is 1. The summed E-state index contributed by atoms with van der Waals surface area (Å²) in [5.41, 5.74) is 0. The minimum Gasteiger partial charge on any atom is -0.240 e. The smallest absolute Gasteiger partial charge is 0.240 e. The van der Waals surface area contributed by atoms with Gasteiger partial charge in [-0.1, -0.05) is 6.92 Å². The van der Waals surface area contributed by atoms with Gasteiger partial charge in [-0.2, -0.15) is 0 Å². The fourth-order valence-electron chi connectivity index (χ4n) is 0.941. The van der Waals surface area contributed by atoms with Crippen molar-refractivity contribution in [3.05, 3.63) is 18.7 Å². The first-order valence-corrected chi connectivity index (χ1v) is 3.76. The van der Waals surface area contributed by atoms with Crippen molar-refractivity contribution >= 4 is 0 Å². The van der Waals surface area contributed by atoms with Crippen molar-refractivity contribution in [1.82, 2.24) is 4.57 Å². The summed E-state index contributed by atoms with van der Waals surface area (Å²) in [6.45, 7) is 4.42. The molecule has 3 heteroatoms. The summed E-state index contributed by atoms with van der Waals surface area (Å²) in [6.07, 6.45) is 7.46. The number of nitrogens with zero attached hydrogens (tertiary/aromatic N) is 2. The van der Waals surface area contributed by atoms with Gasteiger partial charge in [0.2, 0.25) is 30.3 Å². The normalized spacial score (nSPS) is 12.3. The highest BCUT2D eigenvalue weighted by Crippen LogP contribution is 2.06. The Morgan fingerprint density at radius 3 is 2.55 bits per heavy atom. The van der Waals surface area contributed by atoms with Crippen LogP contribution in [0.5, 0.6) is 0 Å². The Balaban J connectivity index is 0.000001000. The Hall–Kier alpha value is -0.0600. The van der Waals surface area contributed by atoms with E-state index in [0.29, 0.717) is 6.04 Å². The van der Waals surface area contributed by atoms with Crippen LogP contribution in [0.15, 0.2) is 18.7 Å². The van der Waals surface area contributed by atoms with E-state index < -0.39 is 0 Å². The summed E-state index contributed by atoms with van der Waals surface area (Å²) >= 11 is 0. The second-order valence-corrected chi connectivity index (χ2v) is 2.78. The summed E-state index contributed by atoms with van der Waals surface area (Å²) in [5.74, 6) is 0. The van der Waals surface area contributed by atoms with Crippen molar-refractivity contribution in [2.24, 2.45) is 7.05 Å². The molecule has 0 N–H and O–H groups in total. The van der Waals surface area contributed by atoms with E-state index in [-0.39, 0.29) is 24.0 Å². The number of hydrogen-bond acceptors (Lipinski definition) is 0. The van der Waals surface area contributed by atoms with Gasteiger partial charge in [-0.3, -0.25) is 0 Å². The zero-order valence-electron chi connectivity index (χ0n) is 7.36. The van der Waals surface area contributed by atoms with Gasteiger partial charge in [0.25, 0.3) is 0 Å². The van der Waals surface area contributed by atoms with Crippen LogP contribution in [0.1, 0.15) is 26.3 Å². The van der Waals surface area contributed by atoms with Crippen molar-refractivity contribution in [3.8, 4) is 0 Å². The molecule has 11 heavy (non-hydrogen) atoms. The van der Waals surface area contributed by atoms with Crippen LogP contribution in [-0.4, -0.2) is 4.57 Å². The van der Waals surface area contributed by atoms with Gasteiger partial charge >= 0.3 is 0 Å². The third-order valence-electron chi connectivity index (χ3n) is 1.89. The van der Waals surface area contributed by atoms with Crippen molar-refractivity contribution in [1.29, 1.82) is 0 Å². The van der Waals surface area contributed by atoms with E-state index in [9.17, 15) is 0 Å². The van der Waals surface area contributed by atoms with Gasteiger partial charge in [-0.05, 0) is 13.3 Å². The highest BCUT2D eigenvalue weighted by atomic mass is 127. The lowest BCUT2D eigenvalue weighted by atomic mass is 10.3. The van der Waals surface area contributed by atoms with Crippen LogP contribution in [-0.2, 0) is 7.05 Å². The van der Waals surface area contributed by atoms with E-state index in [1.807, 2.05) is 7.05 Å². The van der Waals surface area contributed by atoms with Crippen LogP contribution < -0.4 is 28.5 Å². The Labute approximate surface area is 85.2 Å². The SMILES string of the molecule is CCC(C)n1cc[n+](C)c1.[IH2+]. The van der Waals surface area contributed by atoms with Gasteiger partial charge in [0.1, 0.15) is 12.4 Å². The number of imidazole rings is 1. The molecule has 1 aromatic heterocycles. The van der Waals surface area contributed by atoms with Crippen molar-refractivity contribution < 1.29 is 28.5 Å². The maximum absolute atomic E-state index is 2.22. The summed E-state index contributed by atoms with van der Waals surface area (Å²) in [7, 11) is 2.04. The number of hydrogen-bond donors (Lipinski definition) is 0. The molecule has 0 bridgehead atoms. The van der Waals surface area contributed by atoms with Gasteiger partial charge in [-0.15, -0.1) is 0 Å². The fraction of sp³-hybridized carbons (Fsp3) is 0.625. The lowest BCUT2D eigenvalue weighted by Gasteiger charge is -2.01. The minimum absolute atomic E-state index is 0. The Kier molecular flexibility index (Phi) is 4.72. The Bertz CT molecular complexity index is 208. The van der Waals surface area contributed by atoms with E-state index in [2.05, 4.69) is 41.7 Å². The van der Waals surface area contributed by atoms with E-state index in [1.54, 1.807) is 0 Å². The minimum atomic E-state index is 0. The average molecular weight is 268 g/mol. The summed E-state index contributed by atoms with van der Waals surface area (Å²) < 4.78 is 4.28. The van der Waals surface area contributed by atoms with Gasteiger partial charge in [-0.25, -0.2) is 9.13 Å². The second kappa shape index (κ2) is 4.74. The molecule has 0 fully saturated rings. The van der Waals surface area contributed by atoms with Crippen LogP contribution in [0.4, 0.5) is 0 Å². The molecular weight excluding hydrogens is 251 g/mol. The molecule has 64 valence electrons. The third-order valence-corrected chi connectivity index (χ3v) is 1.89. The van der Waals surface area contributed by atoms with Crippen LogP contribution in [0.3, 0.4) is 0 Å². The second-order valence-electron chi connectivity index (χ2n) is 2.78. The first-order valence-electron chi connectivity index (χ1n) is 3.76. The molecule has 1 atom stereocenters. The highest BCUT2D eigenvalue weighted by Gasteiger charge is 2.06. The molecule has 0 amide bonds. The molecule has 1 heterocycles. The lowest BCUT2D eigenvalue weighted by Crippen LogP contribution is -3.00. The molecular formula is C8H17IN2+2. The van der Waals surface area contributed by atoms with Crippen molar-refractivity contribution in [2.75, 3.05) is 0 Å². The molecule has 0 radical (unpaired) electrons. The molecule has 0 spiro atoms. The molecule has 0 aliphatic carbocycles. The Morgan fingerprint density at radius 1 is 1.55 bits per heavy atom. The quantitative estimate of drug-likeness (QED) is 0.423. The maximum Gasteiger partial charge on any atom is 0.243 e. The van der Waals surface area contributed by atoms with Gasteiger partial charge in [0.05, 0.1) is 13.1 Å². The van der Waals surface area contributed by atoms with Crippen molar-refractivity contribution in [3.63, 3.8) is 0 Å². The number of aryl methyl sites for hydroxylation is 1. The third kappa shape index (κ3) is 2.81. The van der Waals surface area contributed by atoms with E-state index in [0.717, 1.165) is 0 Å². The molecule has 2 nitrogen and oxygen atoms in total. The van der Waals surface area contributed by atoms with E-state index >= 15 is 0 Å². The molecule has 0 saturated carbocycles. The van der Waals surface area contributed by atoms with Crippen LogP contribution >= 0.6 is 0 Å². The zero-order valence-corrected chi connectivity index (χ0v) is 9.91. The molecule has 1 rings (SSSR count). The standard InChI is InChI=1S/C8H15N2.H2I/c1-4-8(2)10-6-5-9(3)7-10;/h5-8H,4H2,1-3H3;1H2/q2*+1. The topological polar surface area (TPSA) is 8.81 Å². The largest absolute Gasteiger partial charge is 0.243 e.